The van der Waals surface area contributed by atoms with Crippen LogP contribution < -0.4 is 5.32 Å². The van der Waals surface area contributed by atoms with Gasteiger partial charge in [-0.3, -0.25) is 4.99 Å². The van der Waals surface area contributed by atoms with Gasteiger partial charge in [0.1, 0.15) is 0 Å². The Morgan fingerprint density at radius 1 is 1.35 bits per heavy atom. The largest absolute Gasteiger partial charge is 0.314 e. The molecule has 2 nitrogen and oxygen atoms in total. The standard InChI is InChI=1S/C17H25BrN2/c1-13(2)19-12-15-7-3-4-9-17(15)20-11-14-6-5-8-16(18)10-14/h5-6,8,10-11,13,15,17,19H,3-4,7,9,12H2,1-2H3/t15-,17+/m1/s1. The van der Waals surface area contributed by atoms with E-state index in [0.29, 0.717) is 18.0 Å². The predicted molar refractivity (Wildman–Crippen MR) is 90.6 cm³/mol. The molecule has 1 aromatic rings. The summed E-state index contributed by atoms with van der Waals surface area (Å²) in [5.74, 6) is 0.689. The molecular weight excluding hydrogens is 312 g/mol. The second-order valence-corrected chi connectivity index (χ2v) is 6.92. The molecule has 0 spiro atoms. The summed E-state index contributed by atoms with van der Waals surface area (Å²) in [4.78, 5) is 4.87. The molecule has 0 amide bonds. The maximum Gasteiger partial charge on any atom is 0.0540 e. The number of hydrogen-bond donors (Lipinski definition) is 1. The summed E-state index contributed by atoms with van der Waals surface area (Å²) >= 11 is 3.51. The summed E-state index contributed by atoms with van der Waals surface area (Å²) in [6.45, 7) is 5.52. The van der Waals surface area contributed by atoms with E-state index >= 15 is 0 Å². The first-order valence-corrected chi connectivity index (χ1v) is 8.46. The maximum atomic E-state index is 4.87. The predicted octanol–water partition coefficient (Wildman–Crippen LogP) is 4.42. The van der Waals surface area contributed by atoms with Crippen LogP contribution in [0.3, 0.4) is 0 Å². The average molecular weight is 337 g/mol. The Kier molecular flexibility index (Phi) is 6.24. The second kappa shape index (κ2) is 7.94. The number of hydrogen-bond acceptors (Lipinski definition) is 2. The summed E-state index contributed by atoms with van der Waals surface area (Å²) in [6.07, 6.45) is 7.25. The molecule has 0 saturated heterocycles. The minimum atomic E-state index is 0.481. The van der Waals surface area contributed by atoms with Gasteiger partial charge in [-0.25, -0.2) is 0 Å². The summed E-state index contributed by atoms with van der Waals surface area (Å²) in [5.41, 5.74) is 1.18. The van der Waals surface area contributed by atoms with E-state index < -0.39 is 0 Å². The smallest absolute Gasteiger partial charge is 0.0540 e. The number of halogens is 1. The first-order valence-electron chi connectivity index (χ1n) is 7.67. The van der Waals surface area contributed by atoms with Crippen LogP contribution in [0.2, 0.25) is 0 Å². The van der Waals surface area contributed by atoms with Crippen LogP contribution in [0, 0.1) is 5.92 Å². The van der Waals surface area contributed by atoms with Crippen molar-refractivity contribution < 1.29 is 0 Å². The van der Waals surface area contributed by atoms with Crippen LogP contribution in [0.5, 0.6) is 0 Å². The van der Waals surface area contributed by atoms with Gasteiger partial charge in [-0.1, -0.05) is 54.8 Å². The van der Waals surface area contributed by atoms with Gasteiger partial charge in [0.15, 0.2) is 0 Å². The highest BCUT2D eigenvalue weighted by Gasteiger charge is 2.23. The summed E-state index contributed by atoms with van der Waals surface area (Å²) in [7, 11) is 0. The van der Waals surface area contributed by atoms with Crippen LogP contribution in [-0.2, 0) is 0 Å². The van der Waals surface area contributed by atoms with Crippen LogP contribution in [0.1, 0.15) is 45.1 Å². The topological polar surface area (TPSA) is 24.4 Å². The van der Waals surface area contributed by atoms with Gasteiger partial charge in [0, 0.05) is 23.3 Å². The Bertz CT molecular complexity index is 442. The van der Waals surface area contributed by atoms with Crippen molar-refractivity contribution in [2.24, 2.45) is 10.9 Å². The van der Waals surface area contributed by atoms with Gasteiger partial charge in [0.25, 0.3) is 0 Å². The van der Waals surface area contributed by atoms with E-state index in [1.165, 1.54) is 31.2 Å². The van der Waals surface area contributed by atoms with Crippen molar-refractivity contribution in [3.8, 4) is 0 Å². The van der Waals surface area contributed by atoms with E-state index in [9.17, 15) is 0 Å². The summed E-state index contributed by atoms with van der Waals surface area (Å²) in [5, 5.41) is 3.57. The molecule has 1 aliphatic carbocycles. The fourth-order valence-electron chi connectivity index (χ4n) is 2.78. The lowest BCUT2D eigenvalue weighted by molar-refractivity contribution is 0.293. The van der Waals surface area contributed by atoms with Crippen molar-refractivity contribution in [2.75, 3.05) is 6.54 Å². The van der Waals surface area contributed by atoms with Crippen LogP contribution in [0.15, 0.2) is 33.7 Å². The monoisotopic (exact) mass is 336 g/mol. The lowest BCUT2D eigenvalue weighted by Crippen LogP contribution is -2.36. The molecule has 0 unspecified atom stereocenters. The molecule has 20 heavy (non-hydrogen) atoms. The highest BCUT2D eigenvalue weighted by Crippen LogP contribution is 2.26. The fraction of sp³-hybridized carbons (Fsp3) is 0.588. The average Bonchev–Trinajstić information content (AvgIpc) is 2.44. The molecule has 0 bridgehead atoms. The number of nitrogens with one attached hydrogen (secondary N) is 1. The number of aliphatic imine (C=N–C) groups is 1. The quantitative estimate of drug-likeness (QED) is 0.790. The second-order valence-electron chi connectivity index (χ2n) is 6.01. The lowest BCUT2D eigenvalue weighted by Gasteiger charge is -2.29. The van der Waals surface area contributed by atoms with Gasteiger partial charge < -0.3 is 5.32 Å². The molecule has 0 radical (unpaired) electrons. The Balaban J connectivity index is 1.97. The normalized spacial score (nSPS) is 23.6. The highest BCUT2D eigenvalue weighted by molar-refractivity contribution is 9.10. The maximum absolute atomic E-state index is 4.87. The van der Waals surface area contributed by atoms with Crippen molar-refractivity contribution >= 4 is 22.1 Å². The van der Waals surface area contributed by atoms with Gasteiger partial charge in [-0.05, 0) is 36.5 Å². The van der Waals surface area contributed by atoms with Crippen molar-refractivity contribution in [1.29, 1.82) is 0 Å². The molecule has 3 heteroatoms. The SMILES string of the molecule is CC(C)NC[C@H]1CCCC[C@@H]1N=Cc1cccc(Br)c1. The van der Waals surface area contributed by atoms with E-state index in [4.69, 9.17) is 4.99 Å². The van der Waals surface area contributed by atoms with E-state index in [-0.39, 0.29) is 0 Å². The van der Waals surface area contributed by atoms with Crippen LogP contribution in [0.25, 0.3) is 0 Å². The van der Waals surface area contributed by atoms with Crippen LogP contribution in [0.4, 0.5) is 0 Å². The highest BCUT2D eigenvalue weighted by atomic mass is 79.9. The third kappa shape index (κ3) is 5.02. The first kappa shape index (κ1) is 15.7. The van der Waals surface area contributed by atoms with E-state index in [1.54, 1.807) is 0 Å². The minimum absolute atomic E-state index is 0.481. The molecular formula is C17H25BrN2. The molecule has 1 fully saturated rings. The lowest BCUT2D eigenvalue weighted by atomic mass is 9.84. The first-order chi connectivity index (χ1) is 9.65. The molecule has 0 aromatic heterocycles. The number of rotatable bonds is 5. The zero-order chi connectivity index (χ0) is 14.4. The van der Waals surface area contributed by atoms with Crippen LogP contribution >= 0.6 is 15.9 Å². The third-order valence-electron chi connectivity index (χ3n) is 3.92. The third-order valence-corrected chi connectivity index (χ3v) is 4.41. The zero-order valence-corrected chi connectivity index (χ0v) is 14.1. The number of nitrogens with zero attached hydrogens (tertiary/aromatic N) is 1. The van der Waals surface area contributed by atoms with Gasteiger partial charge in [0.05, 0.1) is 6.04 Å². The van der Waals surface area contributed by atoms with Crippen molar-refractivity contribution in [1.82, 2.24) is 5.32 Å². The van der Waals surface area contributed by atoms with Crippen LogP contribution in [-0.4, -0.2) is 24.8 Å². The van der Waals surface area contributed by atoms with Crippen molar-refractivity contribution in [3.05, 3.63) is 34.3 Å². The molecule has 1 aliphatic rings. The zero-order valence-electron chi connectivity index (χ0n) is 12.5. The molecule has 1 aromatic carbocycles. The molecule has 0 aliphatic heterocycles. The molecule has 1 saturated carbocycles. The Morgan fingerprint density at radius 2 is 2.15 bits per heavy atom. The van der Waals surface area contributed by atoms with E-state index in [2.05, 4.69) is 53.3 Å². The van der Waals surface area contributed by atoms with E-state index in [0.717, 1.165) is 11.0 Å². The Morgan fingerprint density at radius 3 is 2.90 bits per heavy atom. The van der Waals surface area contributed by atoms with Gasteiger partial charge in [-0.2, -0.15) is 0 Å². The minimum Gasteiger partial charge on any atom is -0.314 e. The molecule has 2 rings (SSSR count). The van der Waals surface area contributed by atoms with E-state index in [1.807, 2.05) is 12.3 Å². The summed E-state index contributed by atoms with van der Waals surface area (Å²) < 4.78 is 1.11. The van der Waals surface area contributed by atoms with Gasteiger partial charge >= 0.3 is 0 Å². The summed E-state index contributed by atoms with van der Waals surface area (Å²) in [6, 6.07) is 9.38. The molecule has 110 valence electrons. The molecule has 2 atom stereocenters. The van der Waals surface area contributed by atoms with Gasteiger partial charge in [0.2, 0.25) is 0 Å². The number of benzene rings is 1. The fourth-order valence-corrected chi connectivity index (χ4v) is 3.20. The molecule has 0 heterocycles. The van der Waals surface area contributed by atoms with Crippen molar-refractivity contribution in [2.45, 2.75) is 51.6 Å². The molecule has 1 N–H and O–H groups in total. The van der Waals surface area contributed by atoms with Gasteiger partial charge in [-0.15, -0.1) is 0 Å². The Labute approximate surface area is 131 Å². The van der Waals surface area contributed by atoms with Crippen molar-refractivity contribution in [3.63, 3.8) is 0 Å². The Hall–Kier alpha value is -0.670.